The molecule has 0 heterocycles. The molecule has 0 aromatic heterocycles. The van der Waals surface area contributed by atoms with Crippen LogP contribution in [-0.4, -0.2) is 44.3 Å². The van der Waals surface area contributed by atoms with Gasteiger partial charge in [0.15, 0.2) is 0 Å². The van der Waals surface area contributed by atoms with E-state index in [-0.39, 0.29) is 17.1 Å². The van der Waals surface area contributed by atoms with E-state index in [1.54, 1.807) is 18.2 Å². The van der Waals surface area contributed by atoms with Gasteiger partial charge in [0.25, 0.3) is 10.0 Å². The van der Waals surface area contributed by atoms with Crippen LogP contribution in [0.15, 0.2) is 83.8 Å². The summed E-state index contributed by atoms with van der Waals surface area (Å²) in [5, 5.41) is 2.74. The monoisotopic (exact) mass is 575 g/mol. The van der Waals surface area contributed by atoms with Gasteiger partial charge >= 0.3 is 6.18 Å². The predicted molar refractivity (Wildman–Crippen MR) is 147 cm³/mol. The number of halogens is 3. The lowest BCUT2D eigenvalue weighted by atomic mass is 10.1. The van der Waals surface area contributed by atoms with Crippen LogP contribution in [0.4, 0.5) is 18.9 Å². The normalized spacial score (nSPS) is 12.4. The summed E-state index contributed by atoms with van der Waals surface area (Å²) < 4.78 is 68.6. The molecule has 0 aliphatic heterocycles. The summed E-state index contributed by atoms with van der Waals surface area (Å²) in [7, 11) is -4.47. The van der Waals surface area contributed by atoms with Crippen LogP contribution in [0, 0.1) is 6.92 Å². The highest BCUT2D eigenvalue weighted by Crippen LogP contribution is 2.33. The molecule has 3 aromatic rings. The van der Waals surface area contributed by atoms with Gasteiger partial charge in [-0.15, -0.1) is 0 Å². The lowest BCUT2D eigenvalue weighted by Crippen LogP contribution is -2.51. The van der Waals surface area contributed by atoms with E-state index in [2.05, 4.69) is 5.32 Å². The van der Waals surface area contributed by atoms with E-state index in [0.29, 0.717) is 28.9 Å². The first-order valence-electron chi connectivity index (χ1n) is 12.7. The van der Waals surface area contributed by atoms with Crippen molar-refractivity contribution in [1.82, 2.24) is 10.2 Å². The van der Waals surface area contributed by atoms with E-state index < -0.39 is 46.2 Å². The molecule has 0 saturated heterocycles. The molecule has 0 aliphatic carbocycles. The van der Waals surface area contributed by atoms with Crippen molar-refractivity contribution < 1.29 is 31.2 Å². The zero-order chi connectivity index (χ0) is 29.5. The third-order valence-corrected chi connectivity index (χ3v) is 8.05. The standard InChI is InChI=1S/C29H32F3N3O4S/c1-4-17-33-28(37)22(3)34(19-23-15-13-21(2)14-16-23)27(36)20-35(40(38,39)26-11-6-5-7-12-26)25-10-8-9-24(18-25)29(30,31)32/h5-16,18,22H,4,17,19-20H2,1-3H3,(H,33,37). The average Bonchev–Trinajstić information content (AvgIpc) is 2.93. The second kappa shape index (κ2) is 13.0. The Morgan fingerprint density at radius 1 is 0.950 bits per heavy atom. The van der Waals surface area contributed by atoms with E-state index in [1.807, 2.05) is 26.0 Å². The van der Waals surface area contributed by atoms with E-state index >= 15 is 0 Å². The zero-order valence-corrected chi connectivity index (χ0v) is 23.3. The lowest BCUT2D eigenvalue weighted by Gasteiger charge is -2.32. The Bertz CT molecular complexity index is 1410. The molecule has 0 saturated carbocycles. The highest BCUT2D eigenvalue weighted by Gasteiger charge is 2.35. The third kappa shape index (κ3) is 7.62. The molecule has 40 heavy (non-hydrogen) atoms. The van der Waals surface area contributed by atoms with Gasteiger partial charge in [0.05, 0.1) is 16.1 Å². The zero-order valence-electron chi connectivity index (χ0n) is 22.5. The number of carbonyl (C=O) groups is 2. The van der Waals surface area contributed by atoms with Gasteiger partial charge in [0.1, 0.15) is 12.6 Å². The SMILES string of the molecule is CCCNC(=O)C(C)N(Cc1ccc(C)cc1)C(=O)CN(c1cccc(C(F)(F)F)c1)S(=O)(=O)c1ccccc1. The molecular formula is C29H32F3N3O4S. The highest BCUT2D eigenvalue weighted by molar-refractivity contribution is 7.92. The van der Waals surface area contributed by atoms with Gasteiger partial charge in [-0.1, -0.05) is 61.0 Å². The Morgan fingerprint density at radius 3 is 2.20 bits per heavy atom. The first kappa shape index (κ1) is 30.7. The largest absolute Gasteiger partial charge is 0.416 e. The van der Waals surface area contributed by atoms with Crippen molar-refractivity contribution in [2.24, 2.45) is 0 Å². The minimum atomic E-state index is -4.73. The molecule has 1 unspecified atom stereocenters. The van der Waals surface area contributed by atoms with Gasteiger partial charge in [-0.25, -0.2) is 8.42 Å². The molecule has 11 heteroatoms. The molecule has 3 aromatic carbocycles. The fourth-order valence-corrected chi connectivity index (χ4v) is 5.38. The Kier molecular flexibility index (Phi) is 9.97. The van der Waals surface area contributed by atoms with Crippen LogP contribution in [-0.2, 0) is 32.3 Å². The molecule has 7 nitrogen and oxygen atoms in total. The Morgan fingerprint density at radius 2 is 1.60 bits per heavy atom. The number of nitrogens with zero attached hydrogens (tertiary/aromatic N) is 2. The Balaban J connectivity index is 2.06. The van der Waals surface area contributed by atoms with Crippen LogP contribution in [0.1, 0.15) is 37.0 Å². The van der Waals surface area contributed by atoms with Gasteiger partial charge in [-0.2, -0.15) is 13.2 Å². The number of nitrogens with one attached hydrogen (secondary N) is 1. The number of anilines is 1. The summed E-state index contributed by atoms with van der Waals surface area (Å²) in [5.74, 6) is -1.18. The summed E-state index contributed by atoms with van der Waals surface area (Å²) in [6.07, 6.45) is -4.06. The molecule has 1 atom stereocenters. The highest BCUT2D eigenvalue weighted by atomic mass is 32.2. The minimum Gasteiger partial charge on any atom is -0.354 e. The maximum Gasteiger partial charge on any atom is 0.416 e. The second-order valence-electron chi connectivity index (χ2n) is 9.35. The number of benzene rings is 3. The van der Waals surface area contributed by atoms with Crippen LogP contribution in [0.5, 0.6) is 0 Å². The second-order valence-corrected chi connectivity index (χ2v) is 11.2. The van der Waals surface area contributed by atoms with Gasteiger partial charge in [0, 0.05) is 13.1 Å². The summed E-state index contributed by atoms with van der Waals surface area (Å²) in [6.45, 7) is 4.85. The number of rotatable bonds is 11. The topological polar surface area (TPSA) is 86.8 Å². The Hall–Kier alpha value is -3.86. The molecule has 214 valence electrons. The number of amides is 2. The van der Waals surface area contributed by atoms with Crippen molar-refractivity contribution in [1.29, 1.82) is 0 Å². The fraction of sp³-hybridized carbons (Fsp3) is 0.310. The summed E-state index contributed by atoms with van der Waals surface area (Å²) >= 11 is 0. The average molecular weight is 576 g/mol. The van der Waals surface area contributed by atoms with Gasteiger partial charge in [-0.05, 0) is 56.2 Å². The smallest absolute Gasteiger partial charge is 0.354 e. The summed E-state index contributed by atoms with van der Waals surface area (Å²) in [4.78, 5) is 27.7. The third-order valence-electron chi connectivity index (χ3n) is 6.26. The molecule has 0 radical (unpaired) electrons. The van der Waals surface area contributed by atoms with Crippen LogP contribution in [0.25, 0.3) is 0 Å². The summed E-state index contributed by atoms with van der Waals surface area (Å²) in [5.41, 5.74) is 0.297. The molecule has 0 fully saturated rings. The van der Waals surface area contributed by atoms with E-state index in [1.165, 1.54) is 42.2 Å². The van der Waals surface area contributed by atoms with Crippen LogP contribution in [0.3, 0.4) is 0 Å². The van der Waals surface area contributed by atoms with Crippen molar-refractivity contribution in [3.05, 3.63) is 95.6 Å². The van der Waals surface area contributed by atoms with E-state index in [0.717, 1.165) is 17.7 Å². The number of hydrogen-bond acceptors (Lipinski definition) is 4. The van der Waals surface area contributed by atoms with Crippen molar-refractivity contribution in [2.75, 3.05) is 17.4 Å². The number of aryl methyl sites for hydroxylation is 1. The molecule has 1 N–H and O–H groups in total. The van der Waals surface area contributed by atoms with Gasteiger partial charge in [-0.3, -0.25) is 13.9 Å². The number of hydrogen-bond donors (Lipinski definition) is 1. The lowest BCUT2D eigenvalue weighted by molar-refractivity contribution is -0.139. The van der Waals surface area contributed by atoms with Crippen molar-refractivity contribution in [2.45, 2.75) is 50.9 Å². The first-order valence-corrected chi connectivity index (χ1v) is 14.2. The molecule has 2 amide bonds. The predicted octanol–water partition coefficient (Wildman–Crippen LogP) is 5.15. The van der Waals surface area contributed by atoms with Crippen molar-refractivity contribution >= 4 is 27.5 Å². The fourth-order valence-electron chi connectivity index (χ4n) is 3.95. The minimum absolute atomic E-state index is 0.0123. The summed E-state index contributed by atoms with van der Waals surface area (Å²) in [6, 6.07) is 17.2. The first-order chi connectivity index (χ1) is 18.8. The van der Waals surface area contributed by atoms with Crippen LogP contribution < -0.4 is 9.62 Å². The van der Waals surface area contributed by atoms with Crippen LogP contribution >= 0.6 is 0 Å². The van der Waals surface area contributed by atoms with Crippen molar-refractivity contribution in [3.63, 3.8) is 0 Å². The quantitative estimate of drug-likeness (QED) is 0.343. The number of alkyl halides is 3. The molecule has 3 rings (SSSR count). The molecule has 0 spiro atoms. The molecule has 0 bridgehead atoms. The van der Waals surface area contributed by atoms with Gasteiger partial charge in [0.2, 0.25) is 11.8 Å². The molecule has 0 aliphatic rings. The van der Waals surface area contributed by atoms with E-state index in [4.69, 9.17) is 0 Å². The van der Waals surface area contributed by atoms with E-state index in [9.17, 15) is 31.2 Å². The van der Waals surface area contributed by atoms with Crippen LogP contribution in [0.2, 0.25) is 0 Å². The van der Waals surface area contributed by atoms with Gasteiger partial charge < -0.3 is 10.2 Å². The Labute approximate surface area is 232 Å². The maximum absolute atomic E-state index is 13.8. The number of sulfonamides is 1. The maximum atomic E-state index is 13.8. The van der Waals surface area contributed by atoms with Crippen molar-refractivity contribution in [3.8, 4) is 0 Å². The number of carbonyl (C=O) groups excluding carboxylic acids is 2. The molecular weight excluding hydrogens is 543 g/mol.